The molecule has 4 rings (SSSR count). The smallest absolute Gasteiger partial charge is 0.227 e. The molecule has 0 bridgehead atoms. The predicted molar refractivity (Wildman–Crippen MR) is 103 cm³/mol. The molecular formula is C20H27N5O. The van der Waals surface area contributed by atoms with E-state index in [4.69, 9.17) is 9.72 Å². The summed E-state index contributed by atoms with van der Waals surface area (Å²) in [4.78, 5) is 13.9. The lowest BCUT2D eigenvalue weighted by Crippen LogP contribution is -2.46. The maximum absolute atomic E-state index is 5.66. The van der Waals surface area contributed by atoms with Crippen molar-refractivity contribution in [1.82, 2.24) is 14.9 Å². The highest BCUT2D eigenvalue weighted by Crippen LogP contribution is 2.16. The molecular weight excluding hydrogens is 326 g/mol. The highest BCUT2D eigenvalue weighted by Gasteiger charge is 2.20. The number of ether oxygens (including phenoxy) is 1. The van der Waals surface area contributed by atoms with Crippen LogP contribution in [0.15, 0.2) is 42.6 Å². The van der Waals surface area contributed by atoms with Crippen molar-refractivity contribution in [2.45, 2.75) is 25.5 Å². The Kier molecular flexibility index (Phi) is 5.62. The zero-order chi connectivity index (χ0) is 17.6. The zero-order valence-corrected chi connectivity index (χ0v) is 15.2. The van der Waals surface area contributed by atoms with E-state index in [-0.39, 0.29) is 0 Å². The Bertz CT molecular complexity index is 682. The quantitative estimate of drug-likeness (QED) is 0.861. The van der Waals surface area contributed by atoms with Gasteiger partial charge in [-0.05, 0) is 24.5 Å². The maximum Gasteiger partial charge on any atom is 0.227 e. The summed E-state index contributed by atoms with van der Waals surface area (Å²) >= 11 is 0. The molecule has 1 aromatic heterocycles. The second-order valence-electron chi connectivity index (χ2n) is 7.01. The van der Waals surface area contributed by atoms with Crippen molar-refractivity contribution in [2.24, 2.45) is 0 Å². The fourth-order valence-corrected chi connectivity index (χ4v) is 3.57. The average Bonchev–Trinajstić information content (AvgIpc) is 3.22. The van der Waals surface area contributed by atoms with Crippen LogP contribution in [0.4, 0.5) is 11.8 Å². The van der Waals surface area contributed by atoms with Gasteiger partial charge in [0.05, 0.1) is 6.10 Å². The molecule has 1 N–H and O–H groups in total. The summed E-state index contributed by atoms with van der Waals surface area (Å²) in [5.74, 6) is 1.71. The summed E-state index contributed by atoms with van der Waals surface area (Å²) < 4.78 is 5.66. The third kappa shape index (κ3) is 4.51. The molecule has 6 heteroatoms. The van der Waals surface area contributed by atoms with Crippen molar-refractivity contribution in [3.63, 3.8) is 0 Å². The van der Waals surface area contributed by atoms with Crippen molar-refractivity contribution in [1.29, 1.82) is 0 Å². The van der Waals surface area contributed by atoms with Crippen LogP contribution < -0.4 is 10.2 Å². The molecule has 1 unspecified atom stereocenters. The minimum absolute atomic E-state index is 0.315. The third-order valence-corrected chi connectivity index (χ3v) is 5.08. The van der Waals surface area contributed by atoms with Crippen molar-refractivity contribution >= 4 is 11.8 Å². The van der Waals surface area contributed by atoms with Crippen LogP contribution in [-0.4, -0.2) is 60.3 Å². The van der Waals surface area contributed by atoms with Gasteiger partial charge in [-0.1, -0.05) is 30.3 Å². The van der Waals surface area contributed by atoms with Gasteiger partial charge in [0.15, 0.2) is 0 Å². The maximum atomic E-state index is 5.66. The first kappa shape index (κ1) is 17.2. The van der Waals surface area contributed by atoms with Crippen molar-refractivity contribution in [3.8, 4) is 0 Å². The largest absolute Gasteiger partial charge is 0.376 e. The fraction of sp³-hybridized carbons (Fsp3) is 0.500. The molecule has 1 atom stereocenters. The molecule has 0 amide bonds. The van der Waals surface area contributed by atoms with Crippen molar-refractivity contribution in [3.05, 3.63) is 48.2 Å². The number of hydrogen-bond donors (Lipinski definition) is 1. The van der Waals surface area contributed by atoms with Crippen LogP contribution in [0.25, 0.3) is 0 Å². The highest BCUT2D eigenvalue weighted by molar-refractivity contribution is 5.41. The Morgan fingerprint density at radius 1 is 1.08 bits per heavy atom. The van der Waals surface area contributed by atoms with Crippen LogP contribution in [-0.2, 0) is 11.3 Å². The topological polar surface area (TPSA) is 53.5 Å². The van der Waals surface area contributed by atoms with Crippen molar-refractivity contribution in [2.75, 3.05) is 49.5 Å². The van der Waals surface area contributed by atoms with Crippen LogP contribution in [0, 0.1) is 0 Å². The van der Waals surface area contributed by atoms with E-state index in [0.717, 1.165) is 70.5 Å². The normalized spacial score (nSPS) is 21.1. The van der Waals surface area contributed by atoms with Gasteiger partial charge < -0.3 is 15.0 Å². The van der Waals surface area contributed by atoms with Gasteiger partial charge in [0.2, 0.25) is 5.95 Å². The van der Waals surface area contributed by atoms with E-state index in [1.807, 2.05) is 12.3 Å². The summed E-state index contributed by atoms with van der Waals surface area (Å²) in [6.07, 6.45) is 4.45. The Morgan fingerprint density at radius 2 is 1.92 bits per heavy atom. The van der Waals surface area contributed by atoms with Crippen LogP contribution in [0.3, 0.4) is 0 Å². The molecule has 138 valence electrons. The van der Waals surface area contributed by atoms with E-state index < -0.39 is 0 Å². The van der Waals surface area contributed by atoms with Gasteiger partial charge in [-0.25, -0.2) is 4.98 Å². The van der Waals surface area contributed by atoms with Gasteiger partial charge in [0, 0.05) is 52.1 Å². The molecule has 2 aliphatic heterocycles. The number of benzene rings is 1. The van der Waals surface area contributed by atoms with E-state index in [1.54, 1.807) is 0 Å². The molecule has 3 heterocycles. The average molecular weight is 353 g/mol. The molecule has 0 saturated carbocycles. The molecule has 0 aliphatic carbocycles. The Hall–Kier alpha value is -2.18. The zero-order valence-electron chi connectivity index (χ0n) is 15.2. The molecule has 1 aromatic carbocycles. The number of rotatable bonds is 6. The van der Waals surface area contributed by atoms with Crippen LogP contribution in [0.5, 0.6) is 0 Å². The van der Waals surface area contributed by atoms with Gasteiger partial charge in [-0.2, -0.15) is 4.98 Å². The molecule has 2 aliphatic rings. The van der Waals surface area contributed by atoms with E-state index in [0.29, 0.717) is 6.10 Å². The Labute approximate surface area is 155 Å². The second-order valence-corrected chi connectivity index (χ2v) is 7.01. The molecule has 6 nitrogen and oxygen atoms in total. The summed E-state index contributed by atoms with van der Waals surface area (Å²) in [5, 5.41) is 3.39. The minimum Gasteiger partial charge on any atom is -0.376 e. The first-order valence-corrected chi connectivity index (χ1v) is 9.56. The predicted octanol–water partition coefficient (Wildman–Crippen LogP) is 2.39. The number of piperazine rings is 1. The van der Waals surface area contributed by atoms with Crippen LogP contribution in [0.2, 0.25) is 0 Å². The number of nitrogens with one attached hydrogen (secondary N) is 1. The van der Waals surface area contributed by atoms with Gasteiger partial charge in [0.25, 0.3) is 0 Å². The fourth-order valence-electron chi connectivity index (χ4n) is 3.57. The summed E-state index contributed by atoms with van der Waals surface area (Å²) in [6.45, 7) is 6.70. The standard InChI is InChI=1S/C20H27N5O/c1-2-5-17(6-3-1)16-24-10-12-25(13-11-24)20-21-9-8-19(23-20)22-15-18-7-4-14-26-18/h1-3,5-6,8-9,18H,4,7,10-16H2,(H,21,22,23). The molecule has 26 heavy (non-hydrogen) atoms. The lowest BCUT2D eigenvalue weighted by Gasteiger charge is -2.34. The van der Waals surface area contributed by atoms with E-state index >= 15 is 0 Å². The van der Waals surface area contributed by atoms with Crippen LogP contribution in [0.1, 0.15) is 18.4 Å². The lowest BCUT2D eigenvalue weighted by atomic mass is 10.2. The lowest BCUT2D eigenvalue weighted by molar-refractivity contribution is 0.120. The summed E-state index contributed by atoms with van der Waals surface area (Å²) in [6, 6.07) is 12.6. The third-order valence-electron chi connectivity index (χ3n) is 5.08. The SMILES string of the molecule is c1ccc(CN2CCN(c3nccc(NCC4CCCO4)n3)CC2)cc1. The van der Waals surface area contributed by atoms with E-state index in [1.165, 1.54) is 5.56 Å². The number of aromatic nitrogens is 2. The van der Waals surface area contributed by atoms with Gasteiger partial charge in [0.1, 0.15) is 5.82 Å². The van der Waals surface area contributed by atoms with Crippen molar-refractivity contribution < 1.29 is 4.74 Å². The monoisotopic (exact) mass is 353 g/mol. The number of nitrogens with zero attached hydrogens (tertiary/aromatic N) is 4. The first-order valence-electron chi connectivity index (χ1n) is 9.56. The second kappa shape index (κ2) is 8.47. The molecule has 2 fully saturated rings. The van der Waals surface area contributed by atoms with Gasteiger partial charge in [-0.15, -0.1) is 0 Å². The molecule has 2 saturated heterocycles. The van der Waals surface area contributed by atoms with Crippen LogP contribution >= 0.6 is 0 Å². The number of hydrogen-bond acceptors (Lipinski definition) is 6. The molecule has 2 aromatic rings. The molecule has 0 spiro atoms. The van der Waals surface area contributed by atoms with Gasteiger partial charge in [-0.3, -0.25) is 4.90 Å². The van der Waals surface area contributed by atoms with E-state index in [2.05, 4.69) is 50.4 Å². The highest BCUT2D eigenvalue weighted by atomic mass is 16.5. The molecule has 0 radical (unpaired) electrons. The first-order chi connectivity index (χ1) is 12.9. The Balaban J connectivity index is 1.29. The van der Waals surface area contributed by atoms with Gasteiger partial charge >= 0.3 is 0 Å². The Morgan fingerprint density at radius 3 is 2.69 bits per heavy atom. The summed E-state index contributed by atoms with van der Waals surface area (Å²) in [5.41, 5.74) is 1.37. The van der Waals surface area contributed by atoms with E-state index in [9.17, 15) is 0 Å². The minimum atomic E-state index is 0.315. The summed E-state index contributed by atoms with van der Waals surface area (Å²) in [7, 11) is 0. The number of anilines is 2.